The van der Waals surface area contributed by atoms with E-state index in [2.05, 4.69) is 20.4 Å². The maximum Gasteiger partial charge on any atom is 0.232 e. The van der Waals surface area contributed by atoms with Crippen molar-refractivity contribution in [3.05, 3.63) is 47.6 Å². The molecule has 0 saturated carbocycles. The number of nitrogens with zero attached hydrogens (tertiary/aromatic N) is 3. The summed E-state index contributed by atoms with van der Waals surface area (Å²) < 4.78 is 4.83. The molecule has 21 heavy (non-hydrogen) atoms. The third-order valence-electron chi connectivity index (χ3n) is 2.74. The highest BCUT2D eigenvalue weighted by molar-refractivity contribution is 7.13. The Balaban J connectivity index is 1.63. The standard InChI is InChI=1S/C14H12N4O2S/c1-9-16-12(18-20-9)8-13(19)17-11-4-2-10(3-5-11)14-15-6-7-21-14/h2-7H,8H2,1H3,(H,17,19). The Hall–Kier alpha value is -2.54. The zero-order valence-corrected chi connectivity index (χ0v) is 12.1. The molecule has 0 aliphatic heterocycles. The molecule has 0 aliphatic rings. The molecule has 1 aromatic carbocycles. The zero-order valence-electron chi connectivity index (χ0n) is 11.2. The van der Waals surface area contributed by atoms with E-state index in [1.165, 1.54) is 0 Å². The smallest absolute Gasteiger partial charge is 0.232 e. The van der Waals surface area contributed by atoms with Gasteiger partial charge in [0.2, 0.25) is 11.8 Å². The van der Waals surface area contributed by atoms with Crippen LogP contribution in [0.1, 0.15) is 11.7 Å². The predicted molar refractivity (Wildman–Crippen MR) is 78.9 cm³/mol. The Morgan fingerprint density at radius 3 is 2.76 bits per heavy atom. The van der Waals surface area contributed by atoms with Crippen molar-refractivity contribution in [1.82, 2.24) is 15.1 Å². The van der Waals surface area contributed by atoms with Crippen LogP contribution in [0.2, 0.25) is 0 Å². The summed E-state index contributed by atoms with van der Waals surface area (Å²) in [5, 5.41) is 9.37. The van der Waals surface area contributed by atoms with Gasteiger partial charge < -0.3 is 9.84 Å². The number of aryl methyl sites for hydroxylation is 1. The number of rotatable bonds is 4. The third kappa shape index (κ3) is 3.32. The SMILES string of the molecule is Cc1nc(CC(=O)Nc2ccc(-c3nccs3)cc2)no1. The van der Waals surface area contributed by atoms with Crippen molar-refractivity contribution in [2.75, 3.05) is 5.32 Å². The third-order valence-corrected chi connectivity index (χ3v) is 3.56. The highest BCUT2D eigenvalue weighted by atomic mass is 32.1. The molecule has 0 radical (unpaired) electrons. The summed E-state index contributed by atoms with van der Waals surface area (Å²) in [5.74, 6) is 0.646. The maximum absolute atomic E-state index is 11.9. The van der Waals surface area contributed by atoms with Gasteiger partial charge in [-0.25, -0.2) is 4.98 Å². The summed E-state index contributed by atoms with van der Waals surface area (Å²) in [4.78, 5) is 20.1. The van der Waals surface area contributed by atoms with Crippen molar-refractivity contribution >= 4 is 22.9 Å². The number of benzene rings is 1. The number of carbonyl (C=O) groups excluding carboxylic acids is 1. The van der Waals surface area contributed by atoms with Crippen LogP contribution in [0.5, 0.6) is 0 Å². The quantitative estimate of drug-likeness (QED) is 0.801. The maximum atomic E-state index is 11.9. The molecule has 0 bridgehead atoms. The number of aromatic nitrogens is 3. The first kappa shape index (κ1) is 13.4. The number of carbonyl (C=O) groups is 1. The Labute approximate surface area is 124 Å². The Kier molecular flexibility index (Phi) is 3.74. The molecule has 2 heterocycles. The fourth-order valence-corrected chi connectivity index (χ4v) is 2.47. The monoisotopic (exact) mass is 300 g/mol. The van der Waals surface area contributed by atoms with Crippen LogP contribution in [0.15, 0.2) is 40.4 Å². The second-order valence-corrected chi connectivity index (χ2v) is 5.26. The fourth-order valence-electron chi connectivity index (χ4n) is 1.82. The number of nitrogens with one attached hydrogen (secondary N) is 1. The van der Waals surface area contributed by atoms with Crippen LogP contribution in [0.25, 0.3) is 10.6 Å². The first-order valence-electron chi connectivity index (χ1n) is 6.30. The number of thiazole rings is 1. The lowest BCUT2D eigenvalue weighted by molar-refractivity contribution is -0.115. The number of amides is 1. The average Bonchev–Trinajstić information content (AvgIpc) is 3.11. The molecule has 0 unspecified atom stereocenters. The highest BCUT2D eigenvalue weighted by Gasteiger charge is 2.09. The Morgan fingerprint density at radius 1 is 1.33 bits per heavy atom. The molecule has 0 atom stereocenters. The second kappa shape index (κ2) is 5.84. The van der Waals surface area contributed by atoms with Gasteiger partial charge in [0.25, 0.3) is 0 Å². The lowest BCUT2D eigenvalue weighted by Crippen LogP contribution is -2.15. The number of hydrogen-bond acceptors (Lipinski definition) is 6. The highest BCUT2D eigenvalue weighted by Crippen LogP contribution is 2.23. The van der Waals surface area contributed by atoms with Crippen molar-refractivity contribution in [2.24, 2.45) is 0 Å². The Bertz CT molecular complexity index is 735. The van der Waals surface area contributed by atoms with E-state index in [0.29, 0.717) is 11.7 Å². The first-order valence-corrected chi connectivity index (χ1v) is 7.17. The molecular formula is C14H12N4O2S. The van der Waals surface area contributed by atoms with Crippen molar-refractivity contribution in [1.29, 1.82) is 0 Å². The summed E-state index contributed by atoms with van der Waals surface area (Å²) in [6.45, 7) is 1.69. The van der Waals surface area contributed by atoms with Crippen LogP contribution < -0.4 is 5.32 Å². The normalized spacial score (nSPS) is 10.5. The van der Waals surface area contributed by atoms with Crippen LogP contribution in [0.4, 0.5) is 5.69 Å². The van der Waals surface area contributed by atoms with Gasteiger partial charge in [0.15, 0.2) is 5.82 Å². The van der Waals surface area contributed by atoms with Crippen molar-refractivity contribution in [2.45, 2.75) is 13.3 Å². The minimum absolute atomic E-state index is 0.0889. The molecular weight excluding hydrogens is 288 g/mol. The molecule has 7 heteroatoms. The van der Waals surface area contributed by atoms with Crippen LogP contribution in [0.3, 0.4) is 0 Å². The van der Waals surface area contributed by atoms with Gasteiger partial charge in [-0.2, -0.15) is 4.98 Å². The molecule has 0 fully saturated rings. The van der Waals surface area contributed by atoms with Gasteiger partial charge in [0, 0.05) is 29.8 Å². The average molecular weight is 300 g/mol. The summed E-state index contributed by atoms with van der Waals surface area (Å²) in [5.41, 5.74) is 1.75. The Morgan fingerprint density at radius 2 is 2.14 bits per heavy atom. The minimum Gasteiger partial charge on any atom is -0.340 e. The molecule has 3 aromatic rings. The molecule has 106 valence electrons. The second-order valence-electron chi connectivity index (χ2n) is 4.37. The molecule has 3 rings (SSSR count). The molecule has 1 amide bonds. The zero-order chi connectivity index (χ0) is 14.7. The fraction of sp³-hybridized carbons (Fsp3) is 0.143. The van der Waals surface area contributed by atoms with Gasteiger partial charge in [-0.15, -0.1) is 11.3 Å². The van der Waals surface area contributed by atoms with Gasteiger partial charge in [-0.05, 0) is 24.3 Å². The van der Waals surface area contributed by atoms with E-state index in [9.17, 15) is 4.79 Å². The minimum atomic E-state index is -0.183. The van der Waals surface area contributed by atoms with E-state index in [1.54, 1.807) is 24.5 Å². The number of anilines is 1. The molecule has 1 N–H and O–H groups in total. The van der Waals surface area contributed by atoms with Crippen molar-refractivity contribution in [3.8, 4) is 10.6 Å². The van der Waals surface area contributed by atoms with Gasteiger partial charge in [0.05, 0.1) is 6.42 Å². The largest absolute Gasteiger partial charge is 0.340 e. The lowest BCUT2D eigenvalue weighted by Gasteiger charge is -2.04. The first-order chi connectivity index (χ1) is 10.2. The van der Waals surface area contributed by atoms with E-state index in [0.717, 1.165) is 16.3 Å². The van der Waals surface area contributed by atoms with Crippen LogP contribution >= 0.6 is 11.3 Å². The summed E-state index contributed by atoms with van der Waals surface area (Å²) in [6.07, 6.45) is 1.86. The van der Waals surface area contributed by atoms with E-state index < -0.39 is 0 Å². The van der Waals surface area contributed by atoms with Crippen LogP contribution in [0, 0.1) is 6.92 Å². The van der Waals surface area contributed by atoms with E-state index in [-0.39, 0.29) is 12.3 Å². The summed E-state index contributed by atoms with van der Waals surface area (Å²) in [7, 11) is 0. The van der Waals surface area contributed by atoms with Crippen molar-refractivity contribution in [3.63, 3.8) is 0 Å². The van der Waals surface area contributed by atoms with E-state index in [1.807, 2.05) is 29.6 Å². The van der Waals surface area contributed by atoms with Crippen LogP contribution in [-0.4, -0.2) is 21.0 Å². The number of hydrogen-bond donors (Lipinski definition) is 1. The van der Waals surface area contributed by atoms with E-state index in [4.69, 9.17) is 4.52 Å². The molecule has 0 spiro atoms. The van der Waals surface area contributed by atoms with Gasteiger partial charge in [0.1, 0.15) is 5.01 Å². The van der Waals surface area contributed by atoms with Gasteiger partial charge >= 0.3 is 0 Å². The van der Waals surface area contributed by atoms with Crippen LogP contribution in [-0.2, 0) is 11.2 Å². The summed E-state index contributed by atoms with van der Waals surface area (Å²) in [6, 6.07) is 7.53. The lowest BCUT2D eigenvalue weighted by atomic mass is 10.2. The van der Waals surface area contributed by atoms with Crippen molar-refractivity contribution < 1.29 is 9.32 Å². The van der Waals surface area contributed by atoms with E-state index >= 15 is 0 Å². The van der Waals surface area contributed by atoms with Gasteiger partial charge in [-0.3, -0.25) is 4.79 Å². The molecule has 2 aromatic heterocycles. The topological polar surface area (TPSA) is 80.9 Å². The molecule has 0 aliphatic carbocycles. The summed E-state index contributed by atoms with van der Waals surface area (Å²) >= 11 is 1.57. The molecule has 6 nitrogen and oxygen atoms in total. The predicted octanol–water partition coefficient (Wildman–Crippen LogP) is 2.68. The molecule has 0 saturated heterocycles. The van der Waals surface area contributed by atoms with Gasteiger partial charge in [-0.1, -0.05) is 5.16 Å².